The van der Waals surface area contributed by atoms with Gasteiger partial charge in [-0.05, 0) is 27.5 Å². The van der Waals surface area contributed by atoms with Crippen LogP contribution in [0.15, 0.2) is 17.4 Å². The molecule has 82 valence electrons. The molecule has 0 atom stereocenters. The van der Waals surface area contributed by atoms with Gasteiger partial charge in [0.15, 0.2) is 5.82 Å². The number of hydrogen-bond acceptors (Lipinski definition) is 6. The van der Waals surface area contributed by atoms with Gasteiger partial charge in [0, 0.05) is 5.10 Å². The second kappa shape index (κ2) is 3.96. The highest BCUT2D eigenvalue weighted by Crippen LogP contribution is 2.09. The molecule has 10 heteroatoms. The maximum atomic E-state index is 11.3. The van der Waals surface area contributed by atoms with Crippen LogP contribution in [-0.4, -0.2) is 29.7 Å². The van der Waals surface area contributed by atoms with Crippen molar-refractivity contribution in [3.8, 4) is 5.82 Å². The average molecular weight is 334 g/mol. The minimum Gasteiger partial charge on any atom is -0.390 e. The minimum absolute atomic E-state index is 0.199. The quantitative estimate of drug-likeness (QED) is 0.464. The van der Waals surface area contributed by atoms with E-state index in [9.17, 15) is 14.9 Å². The van der Waals surface area contributed by atoms with Crippen molar-refractivity contribution < 1.29 is 4.92 Å². The van der Waals surface area contributed by atoms with Crippen LogP contribution < -0.4 is 5.56 Å². The zero-order chi connectivity index (χ0) is 11.7. The summed E-state index contributed by atoms with van der Waals surface area (Å²) in [5, 5.41) is 13.9. The minimum atomic E-state index is -0.726. The fourth-order valence-corrected chi connectivity index (χ4v) is 1.52. The lowest BCUT2D eigenvalue weighted by molar-refractivity contribution is -0.394. The summed E-state index contributed by atoms with van der Waals surface area (Å²) in [6.07, 6.45) is 2.31. The first-order valence-electron chi connectivity index (χ1n) is 3.89. The maximum absolute atomic E-state index is 11.3. The van der Waals surface area contributed by atoms with Crippen molar-refractivity contribution >= 4 is 28.5 Å². The standard InChI is InChI=1S/C6H3IN6O3/c7-3-4(8-1-9-5(3)14)12-2-10-6(11-12)13(15)16/h1-2H,(H,8,9,14). The zero-order valence-electron chi connectivity index (χ0n) is 7.49. The third-order valence-corrected chi connectivity index (χ3v) is 2.61. The highest BCUT2D eigenvalue weighted by molar-refractivity contribution is 14.1. The van der Waals surface area contributed by atoms with E-state index in [0.717, 1.165) is 11.0 Å². The van der Waals surface area contributed by atoms with Gasteiger partial charge in [-0.3, -0.25) is 4.79 Å². The molecule has 2 aromatic rings. The fraction of sp³-hybridized carbons (Fsp3) is 0. The van der Waals surface area contributed by atoms with Gasteiger partial charge in [-0.1, -0.05) is 4.98 Å². The van der Waals surface area contributed by atoms with Gasteiger partial charge in [-0.25, -0.2) is 4.98 Å². The van der Waals surface area contributed by atoms with Crippen LogP contribution in [0.5, 0.6) is 0 Å². The van der Waals surface area contributed by atoms with Gasteiger partial charge >= 0.3 is 5.95 Å². The van der Waals surface area contributed by atoms with Crippen molar-refractivity contribution in [3.63, 3.8) is 0 Å². The lowest BCUT2D eigenvalue weighted by Crippen LogP contribution is -2.15. The zero-order valence-corrected chi connectivity index (χ0v) is 9.65. The van der Waals surface area contributed by atoms with Gasteiger partial charge in [0.25, 0.3) is 5.56 Å². The van der Waals surface area contributed by atoms with E-state index in [2.05, 4.69) is 20.1 Å². The van der Waals surface area contributed by atoms with Crippen molar-refractivity contribution in [1.29, 1.82) is 0 Å². The molecule has 0 unspecified atom stereocenters. The fourth-order valence-electron chi connectivity index (χ4n) is 0.973. The van der Waals surface area contributed by atoms with E-state index in [-0.39, 0.29) is 14.9 Å². The molecule has 2 aromatic heterocycles. The molecular weight excluding hydrogens is 331 g/mol. The summed E-state index contributed by atoms with van der Waals surface area (Å²) in [6.45, 7) is 0. The first kappa shape index (κ1) is 10.7. The van der Waals surface area contributed by atoms with E-state index in [4.69, 9.17) is 0 Å². The topological polar surface area (TPSA) is 120 Å². The van der Waals surface area contributed by atoms with E-state index < -0.39 is 10.9 Å². The number of nitrogens with one attached hydrogen (secondary N) is 1. The average Bonchev–Trinajstić information content (AvgIpc) is 2.71. The number of aromatic amines is 1. The van der Waals surface area contributed by atoms with Crippen LogP contribution in [0.1, 0.15) is 0 Å². The summed E-state index contributed by atoms with van der Waals surface area (Å²) in [4.78, 5) is 30.6. The number of hydrogen-bond donors (Lipinski definition) is 1. The number of aromatic nitrogens is 5. The summed E-state index contributed by atoms with van der Waals surface area (Å²) in [7, 11) is 0. The van der Waals surface area contributed by atoms with E-state index in [1.54, 1.807) is 22.6 Å². The summed E-state index contributed by atoms with van der Waals surface area (Å²) < 4.78 is 1.36. The van der Waals surface area contributed by atoms with Crippen LogP contribution in [0.2, 0.25) is 0 Å². The predicted octanol–water partition coefficient (Wildman–Crippen LogP) is -0.137. The molecule has 1 N–H and O–H groups in total. The molecule has 0 amide bonds. The van der Waals surface area contributed by atoms with Gasteiger partial charge in [0.1, 0.15) is 3.57 Å². The largest absolute Gasteiger partial charge is 0.491 e. The van der Waals surface area contributed by atoms with E-state index in [1.165, 1.54) is 6.33 Å². The third-order valence-electron chi connectivity index (χ3n) is 1.64. The van der Waals surface area contributed by atoms with Crippen LogP contribution in [0.25, 0.3) is 5.82 Å². The van der Waals surface area contributed by atoms with Gasteiger partial charge in [0.05, 0.1) is 6.33 Å². The van der Waals surface area contributed by atoms with Crippen LogP contribution >= 0.6 is 22.6 Å². The van der Waals surface area contributed by atoms with Crippen LogP contribution in [0.3, 0.4) is 0 Å². The number of nitrogens with zero attached hydrogens (tertiary/aromatic N) is 5. The maximum Gasteiger partial charge on any atom is 0.491 e. The molecular formula is C6H3IN6O3. The molecule has 9 nitrogen and oxygen atoms in total. The molecule has 0 radical (unpaired) electrons. The smallest absolute Gasteiger partial charge is 0.390 e. The monoisotopic (exact) mass is 334 g/mol. The molecule has 0 aliphatic carbocycles. The summed E-state index contributed by atoms with van der Waals surface area (Å²) in [5.41, 5.74) is -0.344. The van der Waals surface area contributed by atoms with Crippen LogP contribution in [-0.2, 0) is 0 Å². The Balaban J connectivity index is 2.55. The van der Waals surface area contributed by atoms with E-state index in [0.29, 0.717) is 0 Å². The second-order valence-corrected chi connectivity index (χ2v) is 3.69. The summed E-state index contributed by atoms with van der Waals surface area (Å²) in [6, 6.07) is 0. The molecule has 0 saturated carbocycles. The Bertz CT molecular complexity index is 604. The molecule has 0 bridgehead atoms. The Labute approximate surface area is 101 Å². The van der Waals surface area contributed by atoms with Crippen molar-refractivity contribution in [3.05, 3.63) is 36.7 Å². The number of H-pyrrole nitrogens is 1. The van der Waals surface area contributed by atoms with E-state index >= 15 is 0 Å². The molecule has 2 heterocycles. The Morgan fingerprint density at radius 3 is 2.88 bits per heavy atom. The molecule has 0 aliphatic heterocycles. The molecule has 0 aliphatic rings. The van der Waals surface area contributed by atoms with Gasteiger partial charge < -0.3 is 15.1 Å². The molecule has 2 rings (SSSR count). The van der Waals surface area contributed by atoms with Crippen molar-refractivity contribution in [2.24, 2.45) is 0 Å². The first-order valence-corrected chi connectivity index (χ1v) is 4.97. The van der Waals surface area contributed by atoms with Gasteiger partial charge in [-0.2, -0.15) is 0 Å². The molecule has 16 heavy (non-hydrogen) atoms. The summed E-state index contributed by atoms with van der Waals surface area (Å²) >= 11 is 1.77. The van der Waals surface area contributed by atoms with Crippen LogP contribution in [0, 0.1) is 13.7 Å². The van der Waals surface area contributed by atoms with Crippen molar-refractivity contribution in [2.75, 3.05) is 0 Å². The predicted molar refractivity (Wildman–Crippen MR) is 59.1 cm³/mol. The SMILES string of the molecule is O=c1[nH]cnc(-n2cnc([N+](=O)[O-])n2)c1I. The number of nitro groups is 1. The molecule has 0 fully saturated rings. The molecule has 0 aromatic carbocycles. The van der Waals surface area contributed by atoms with E-state index in [1.807, 2.05) is 0 Å². The first-order chi connectivity index (χ1) is 7.59. The Hall–Kier alpha value is -1.85. The number of rotatable bonds is 2. The Morgan fingerprint density at radius 2 is 2.25 bits per heavy atom. The number of halogens is 1. The lowest BCUT2D eigenvalue weighted by atomic mass is 10.6. The van der Waals surface area contributed by atoms with Gasteiger partial charge in [0.2, 0.25) is 6.33 Å². The Morgan fingerprint density at radius 1 is 1.50 bits per heavy atom. The Kier molecular flexibility index (Phi) is 2.64. The third kappa shape index (κ3) is 1.78. The normalized spacial score (nSPS) is 10.3. The summed E-state index contributed by atoms with van der Waals surface area (Å²) in [5.74, 6) is -0.345. The highest BCUT2D eigenvalue weighted by atomic mass is 127. The second-order valence-electron chi connectivity index (χ2n) is 2.62. The highest BCUT2D eigenvalue weighted by Gasteiger charge is 2.17. The van der Waals surface area contributed by atoms with Crippen molar-refractivity contribution in [2.45, 2.75) is 0 Å². The molecule has 0 spiro atoms. The lowest BCUT2D eigenvalue weighted by Gasteiger charge is -1.96. The van der Waals surface area contributed by atoms with Crippen molar-refractivity contribution in [1.82, 2.24) is 24.7 Å². The molecule has 0 saturated heterocycles. The van der Waals surface area contributed by atoms with Gasteiger partial charge in [-0.15, -0.1) is 4.68 Å². The van der Waals surface area contributed by atoms with Crippen LogP contribution in [0.4, 0.5) is 5.95 Å².